The number of nitrogens with one attached hydrogen (secondary N) is 1. The van der Waals surface area contributed by atoms with E-state index < -0.39 is 22.5 Å². The molecule has 0 aliphatic heterocycles. The molecule has 0 radical (unpaired) electrons. The molecule has 0 spiro atoms. The SMILES string of the molecule is COc1ccc(C=NNC(=O)CN(c2ccc(C)cc2)S(=O)(=O)c2ccccc2)cc1OC. The zero-order valence-corrected chi connectivity index (χ0v) is 19.4. The highest BCUT2D eigenvalue weighted by molar-refractivity contribution is 7.92. The van der Waals surface area contributed by atoms with Gasteiger partial charge in [0, 0.05) is 0 Å². The van der Waals surface area contributed by atoms with Crippen LogP contribution >= 0.6 is 0 Å². The van der Waals surface area contributed by atoms with Crippen molar-refractivity contribution >= 4 is 27.8 Å². The van der Waals surface area contributed by atoms with Gasteiger partial charge in [-0.1, -0.05) is 35.9 Å². The average molecular weight is 468 g/mol. The van der Waals surface area contributed by atoms with Gasteiger partial charge in [-0.15, -0.1) is 0 Å². The van der Waals surface area contributed by atoms with Gasteiger partial charge in [-0.3, -0.25) is 9.10 Å². The van der Waals surface area contributed by atoms with Crippen LogP contribution in [0.1, 0.15) is 11.1 Å². The number of carbonyl (C=O) groups excluding carboxylic acids is 1. The van der Waals surface area contributed by atoms with Gasteiger partial charge in [-0.2, -0.15) is 5.10 Å². The van der Waals surface area contributed by atoms with Gasteiger partial charge < -0.3 is 9.47 Å². The highest BCUT2D eigenvalue weighted by atomic mass is 32.2. The first-order chi connectivity index (χ1) is 15.8. The molecule has 9 heteroatoms. The number of anilines is 1. The topological polar surface area (TPSA) is 97.3 Å². The van der Waals surface area contributed by atoms with E-state index in [2.05, 4.69) is 10.5 Å². The van der Waals surface area contributed by atoms with Crippen molar-refractivity contribution in [2.45, 2.75) is 11.8 Å². The largest absolute Gasteiger partial charge is 0.493 e. The van der Waals surface area contributed by atoms with E-state index in [1.165, 1.54) is 32.6 Å². The van der Waals surface area contributed by atoms with Crippen LogP contribution in [0.4, 0.5) is 5.69 Å². The summed E-state index contributed by atoms with van der Waals surface area (Å²) < 4.78 is 38.0. The lowest BCUT2D eigenvalue weighted by atomic mass is 10.2. The third-order valence-corrected chi connectivity index (χ3v) is 6.54. The second kappa shape index (κ2) is 10.6. The van der Waals surface area contributed by atoms with Crippen molar-refractivity contribution in [3.63, 3.8) is 0 Å². The second-order valence-corrected chi connectivity index (χ2v) is 8.93. The van der Waals surface area contributed by atoms with E-state index >= 15 is 0 Å². The van der Waals surface area contributed by atoms with Crippen LogP contribution < -0.4 is 19.2 Å². The minimum absolute atomic E-state index is 0.0900. The van der Waals surface area contributed by atoms with Crippen molar-refractivity contribution in [1.29, 1.82) is 0 Å². The van der Waals surface area contributed by atoms with Gasteiger partial charge >= 0.3 is 0 Å². The normalized spacial score (nSPS) is 11.2. The Labute approximate surface area is 193 Å². The van der Waals surface area contributed by atoms with Crippen molar-refractivity contribution in [3.05, 3.63) is 83.9 Å². The van der Waals surface area contributed by atoms with Gasteiger partial charge in [-0.05, 0) is 55.0 Å². The number of rotatable bonds is 9. The number of amides is 1. The molecule has 0 aliphatic rings. The van der Waals surface area contributed by atoms with Crippen LogP contribution in [0.25, 0.3) is 0 Å². The summed E-state index contributed by atoms with van der Waals surface area (Å²) in [5, 5.41) is 3.95. The van der Waals surface area contributed by atoms with Crippen LogP contribution in [0.15, 0.2) is 82.8 Å². The minimum Gasteiger partial charge on any atom is -0.493 e. The first-order valence-electron chi connectivity index (χ1n) is 10.0. The summed E-state index contributed by atoms with van der Waals surface area (Å²) in [6, 6.07) is 20.0. The summed E-state index contributed by atoms with van der Waals surface area (Å²) in [5.41, 5.74) is 4.40. The maximum absolute atomic E-state index is 13.3. The molecule has 0 aliphatic carbocycles. The molecule has 0 unspecified atom stereocenters. The van der Waals surface area contributed by atoms with Gasteiger partial charge in [0.1, 0.15) is 6.54 Å². The first kappa shape index (κ1) is 23.8. The summed E-state index contributed by atoms with van der Waals surface area (Å²) in [6.07, 6.45) is 1.43. The number of aryl methyl sites for hydroxylation is 1. The molecule has 172 valence electrons. The van der Waals surface area contributed by atoms with Crippen molar-refractivity contribution in [2.24, 2.45) is 5.10 Å². The number of benzene rings is 3. The molecule has 0 fully saturated rings. The van der Waals surface area contributed by atoms with Crippen LogP contribution in [-0.4, -0.2) is 41.3 Å². The zero-order chi connectivity index (χ0) is 23.8. The van der Waals surface area contributed by atoms with E-state index in [1.807, 2.05) is 6.92 Å². The Hall–Kier alpha value is -3.85. The molecule has 3 aromatic rings. The third kappa shape index (κ3) is 5.89. The molecular weight excluding hydrogens is 442 g/mol. The summed E-state index contributed by atoms with van der Waals surface area (Å²) in [6.45, 7) is 1.46. The van der Waals surface area contributed by atoms with Gasteiger partial charge in [-0.25, -0.2) is 13.8 Å². The van der Waals surface area contributed by atoms with Crippen LogP contribution in [0.5, 0.6) is 11.5 Å². The number of hydrogen-bond acceptors (Lipinski definition) is 6. The summed E-state index contributed by atoms with van der Waals surface area (Å²) >= 11 is 0. The van der Waals surface area contributed by atoms with E-state index in [0.717, 1.165) is 9.87 Å². The first-order valence-corrected chi connectivity index (χ1v) is 11.5. The molecular formula is C24H25N3O5S. The zero-order valence-electron chi connectivity index (χ0n) is 18.6. The van der Waals surface area contributed by atoms with Crippen LogP contribution in [0.2, 0.25) is 0 Å². The van der Waals surface area contributed by atoms with Crippen LogP contribution in [-0.2, 0) is 14.8 Å². The number of sulfonamides is 1. The Morgan fingerprint density at radius 2 is 1.64 bits per heavy atom. The standard InChI is InChI=1S/C24H25N3O5S/c1-18-9-12-20(13-10-18)27(33(29,30)21-7-5-4-6-8-21)17-24(28)26-25-16-19-11-14-22(31-2)23(15-19)32-3/h4-16H,17H2,1-3H3,(H,26,28). The predicted octanol–water partition coefficient (Wildman–Crippen LogP) is 3.36. The highest BCUT2D eigenvalue weighted by Gasteiger charge is 2.27. The van der Waals surface area contributed by atoms with E-state index in [4.69, 9.17) is 9.47 Å². The highest BCUT2D eigenvalue weighted by Crippen LogP contribution is 2.27. The van der Waals surface area contributed by atoms with Crippen molar-refractivity contribution in [2.75, 3.05) is 25.1 Å². The predicted molar refractivity (Wildman–Crippen MR) is 127 cm³/mol. The molecule has 0 atom stereocenters. The van der Waals surface area contributed by atoms with Crippen molar-refractivity contribution in [1.82, 2.24) is 5.43 Å². The number of ether oxygens (including phenoxy) is 2. The van der Waals surface area contributed by atoms with E-state index in [-0.39, 0.29) is 4.90 Å². The number of carbonyl (C=O) groups is 1. The second-order valence-electron chi connectivity index (χ2n) is 7.07. The van der Waals surface area contributed by atoms with E-state index in [0.29, 0.717) is 22.7 Å². The van der Waals surface area contributed by atoms with E-state index in [9.17, 15) is 13.2 Å². The Balaban J connectivity index is 1.79. The van der Waals surface area contributed by atoms with Crippen molar-refractivity contribution < 1.29 is 22.7 Å². The van der Waals surface area contributed by atoms with Crippen molar-refractivity contribution in [3.8, 4) is 11.5 Å². The number of methoxy groups -OCH3 is 2. The molecule has 3 rings (SSSR count). The van der Waals surface area contributed by atoms with Gasteiger partial charge in [0.25, 0.3) is 15.9 Å². The third-order valence-electron chi connectivity index (χ3n) is 4.75. The fraction of sp³-hybridized carbons (Fsp3) is 0.167. The fourth-order valence-electron chi connectivity index (χ4n) is 3.02. The van der Waals surface area contributed by atoms with Crippen LogP contribution in [0.3, 0.4) is 0 Å². The van der Waals surface area contributed by atoms with Gasteiger partial charge in [0.05, 0.1) is 31.0 Å². The summed E-state index contributed by atoms with van der Waals surface area (Å²) in [7, 11) is -0.908. The minimum atomic E-state index is -3.97. The quantitative estimate of drug-likeness (QED) is 0.384. The molecule has 0 heterocycles. The smallest absolute Gasteiger partial charge is 0.264 e. The van der Waals surface area contributed by atoms with Gasteiger partial charge in [0.2, 0.25) is 0 Å². The van der Waals surface area contributed by atoms with E-state index in [1.54, 1.807) is 60.7 Å². The van der Waals surface area contributed by atoms with Gasteiger partial charge in [0.15, 0.2) is 11.5 Å². The monoisotopic (exact) mass is 467 g/mol. The lowest BCUT2D eigenvalue weighted by molar-refractivity contribution is -0.119. The average Bonchev–Trinajstić information content (AvgIpc) is 2.83. The molecule has 1 N–H and O–H groups in total. The molecule has 8 nitrogen and oxygen atoms in total. The maximum Gasteiger partial charge on any atom is 0.264 e. The Morgan fingerprint density at radius 1 is 0.970 bits per heavy atom. The molecule has 1 amide bonds. The lowest BCUT2D eigenvalue weighted by Gasteiger charge is -2.23. The Bertz CT molecular complexity index is 1230. The molecule has 0 bridgehead atoms. The molecule has 33 heavy (non-hydrogen) atoms. The Kier molecular flexibility index (Phi) is 7.68. The maximum atomic E-state index is 13.3. The fourth-order valence-corrected chi connectivity index (χ4v) is 4.47. The number of hydrazone groups is 1. The number of hydrogen-bond donors (Lipinski definition) is 1. The molecule has 3 aromatic carbocycles. The summed E-state index contributed by atoms with van der Waals surface area (Å²) in [5.74, 6) is 0.498. The summed E-state index contributed by atoms with van der Waals surface area (Å²) in [4.78, 5) is 12.7. The molecule has 0 saturated carbocycles. The molecule has 0 saturated heterocycles. The number of nitrogens with zero attached hydrogens (tertiary/aromatic N) is 2. The lowest BCUT2D eigenvalue weighted by Crippen LogP contribution is -2.39. The molecule has 0 aromatic heterocycles. The Morgan fingerprint density at radius 3 is 2.27 bits per heavy atom. The van der Waals surface area contributed by atoms with Crippen LogP contribution in [0, 0.1) is 6.92 Å².